The maximum atomic E-state index is 13.1. The zero-order valence-electron chi connectivity index (χ0n) is 17.4. The van der Waals surface area contributed by atoms with E-state index in [0.717, 1.165) is 11.1 Å². The number of ether oxygens (including phenoxy) is 1. The molecule has 0 bridgehead atoms. The van der Waals surface area contributed by atoms with Gasteiger partial charge in [0.1, 0.15) is 0 Å². The van der Waals surface area contributed by atoms with Crippen LogP contribution in [0.2, 0.25) is 0 Å². The number of nitrogens with zero attached hydrogens (tertiary/aromatic N) is 2. The summed E-state index contributed by atoms with van der Waals surface area (Å²) >= 11 is 0.596. The molecule has 0 aliphatic heterocycles. The number of methoxy groups -OCH3 is 1. The van der Waals surface area contributed by atoms with E-state index in [2.05, 4.69) is 13.9 Å². The van der Waals surface area contributed by atoms with Crippen LogP contribution in [-0.2, 0) is 24.9 Å². The number of rotatable bonds is 6. The molecule has 15 heteroatoms. The Morgan fingerprint density at radius 2 is 1.71 bits per heavy atom. The van der Waals surface area contributed by atoms with Gasteiger partial charge in [0, 0.05) is 28.7 Å². The van der Waals surface area contributed by atoms with Crippen LogP contribution < -0.4 is 4.18 Å². The molecular formula is C20H13F3N2O7S3. The summed E-state index contributed by atoms with van der Waals surface area (Å²) in [5, 5.41) is 1.35. The molecule has 184 valence electrons. The van der Waals surface area contributed by atoms with E-state index in [0.29, 0.717) is 11.3 Å². The molecule has 4 aromatic rings. The smallest absolute Gasteiger partial charge is 0.465 e. The monoisotopic (exact) mass is 546 g/mol. The maximum Gasteiger partial charge on any atom is 0.534 e. The number of aromatic nitrogens is 2. The molecule has 3 aromatic heterocycles. The molecule has 0 fully saturated rings. The van der Waals surface area contributed by atoms with Gasteiger partial charge in [-0.1, -0.05) is 18.2 Å². The molecule has 4 rings (SSSR count). The highest BCUT2D eigenvalue weighted by atomic mass is 32.2. The molecule has 0 atom stereocenters. The quantitative estimate of drug-likeness (QED) is 0.202. The molecule has 0 spiro atoms. The number of benzene rings is 1. The summed E-state index contributed by atoms with van der Waals surface area (Å²) in [5.41, 5.74) is -5.97. The van der Waals surface area contributed by atoms with E-state index in [1.165, 1.54) is 54.2 Å². The number of hydrogen-bond donors (Lipinski definition) is 0. The molecular weight excluding hydrogens is 533 g/mol. The molecule has 1 aromatic carbocycles. The molecule has 0 saturated carbocycles. The summed E-state index contributed by atoms with van der Waals surface area (Å²) in [5.74, 6) is -2.02. The topological polar surface area (TPSA) is 122 Å². The van der Waals surface area contributed by atoms with Crippen LogP contribution >= 0.6 is 11.3 Å². The number of carbonyl (C=O) groups is 1. The van der Waals surface area contributed by atoms with Gasteiger partial charge in [0.2, 0.25) is 0 Å². The van der Waals surface area contributed by atoms with Crippen LogP contribution in [0.3, 0.4) is 0 Å². The Hall–Kier alpha value is -3.43. The fourth-order valence-electron chi connectivity index (χ4n) is 3.16. The van der Waals surface area contributed by atoms with Crippen molar-refractivity contribution in [2.45, 2.75) is 10.4 Å². The number of esters is 1. The molecule has 0 unspecified atom stereocenters. The lowest BCUT2D eigenvalue weighted by Gasteiger charge is -2.12. The lowest BCUT2D eigenvalue weighted by atomic mass is 10.1. The van der Waals surface area contributed by atoms with Gasteiger partial charge < -0.3 is 8.92 Å². The Morgan fingerprint density at radius 1 is 1.03 bits per heavy atom. The molecule has 35 heavy (non-hydrogen) atoms. The third kappa shape index (κ3) is 4.26. The lowest BCUT2D eigenvalue weighted by molar-refractivity contribution is -0.0500. The third-order valence-electron chi connectivity index (χ3n) is 4.74. The first kappa shape index (κ1) is 24.7. The highest BCUT2D eigenvalue weighted by Crippen LogP contribution is 2.43. The van der Waals surface area contributed by atoms with Crippen molar-refractivity contribution >= 4 is 48.5 Å². The fourth-order valence-corrected chi connectivity index (χ4v) is 5.93. The van der Waals surface area contributed by atoms with E-state index in [1.807, 2.05) is 0 Å². The summed E-state index contributed by atoms with van der Waals surface area (Å²) in [6.07, 6.45) is 2.39. The van der Waals surface area contributed by atoms with E-state index < -0.39 is 42.2 Å². The largest absolute Gasteiger partial charge is 0.534 e. The highest BCUT2D eigenvalue weighted by molar-refractivity contribution is 7.90. The SMILES string of the molecule is COC(=O)c1scc(-c2ccnc3c2ccn3S(=O)(=O)c2ccccc2)c1OS(=O)(=O)C(F)(F)F. The molecule has 0 N–H and O–H groups in total. The van der Waals surface area contributed by atoms with Crippen LogP contribution in [0.4, 0.5) is 13.2 Å². The summed E-state index contributed by atoms with van der Waals surface area (Å²) in [7, 11) is -9.26. The van der Waals surface area contributed by atoms with E-state index in [4.69, 9.17) is 0 Å². The predicted octanol–water partition coefficient (Wildman–Crippen LogP) is 4.02. The van der Waals surface area contributed by atoms with Gasteiger partial charge >= 0.3 is 21.6 Å². The Morgan fingerprint density at radius 3 is 2.34 bits per heavy atom. The summed E-state index contributed by atoms with van der Waals surface area (Å²) < 4.78 is 98.4. The minimum Gasteiger partial charge on any atom is -0.465 e. The van der Waals surface area contributed by atoms with Crippen LogP contribution in [-0.4, -0.2) is 44.4 Å². The maximum absolute atomic E-state index is 13.1. The minimum atomic E-state index is -6.14. The standard InChI is InChI=1S/C20H13F3N2O7S3/c1-31-19(26)17-16(32-35(29,30)20(21,22)23)15(11-33-17)13-7-9-24-18-14(13)8-10-25(18)34(27,28)12-5-3-2-4-6-12/h2-11H,1H3. The Bertz CT molecular complexity index is 1640. The number of hydrogen-bond acceptors (Lipinski definition) is 9. The van der Waals surface area contributed by atoms with Crippen LogP contribution in [0.5, 0.6) is 5.75 Å². The number of carbonyl (C=O) groups excluding carboxylic acids is 1. The number of halogens is 3. The number of thiophene rings is 1. The summed E-state index contributed by atoms with van der Waals surface area (Å²) in [6, 6.07) is 10.1. The van der Waals surface area contributed by atoms with Gasteiger partial charge in [-0.25, -0.2) is 22.2 Å². The van der Waals surface area contributed by atoms with E-state index in [-0.39, 0.29) is 27.1 Å². The zero-order valence-corrected chi connectivity index (χ0v) is 19.8. The average molecular weight is 547 g/mol. The van der Waals surface area contributed by atoms with Gasteiger partial charge in [0.05, 0.1) is 12.0 Å². The van der Waals surface area contributed by atoms with Gasteiger partial charge in [-0.05, 0) is 29.8 Å². The second kappa shape index (κ2) is 8.66. The van der Waals surface area contributed by atoms with E-state index in [1.54, 1.807) is 6.07 Å². The molecule has 9 nitrogen and oxygen atoms in total. The fraction of sp³-hybridized carbons (Fsp3) is 0.100. The first-order valence-electron chi connectivity index (χ1n) is 9.36. The van der Waals surface area contributed by atoms with Crippen molar-refractivity contribution in [2.75, 3.05) is 7.11 Å². The van der Waals surface area contributed by atoms with E-state index in [9.17, 15) is 34.8 Å². The first-order valence-corrected chi connectivity index (χ1v) is 13.1. The average Bonchev–Trinajstić information content (AvgIpc) is 3.43. The molecule has 0 aliphatic rings. The van der Waals surface area contributed by atoms with Crippen LogP contribution in [0, 0.1) is 0 Å². The van der Waals surface area contributed by atoms with Gasteiger partial charge in [-0.15, -0.1) is 11.3 Å². The van der Waals surface area contributed by atoms with Crippen molar-refractivity contribution in [2.24, 2.45) is 0 Å². The normalized spacial score (nSPS) is 12.6. The van der Waals surface area contributed by atoms with Crippen molar-refractivity contribution in [3.63, 3.8) is 0 Å². The Kier molecular flexibility index (Phi) is 6.11. The highest BCUT2D eigenvalue weighted by Gasteiger charge is 2.49. The van der Waals surface area contributed by atoms with Crippen molar-refractivity contribution in [3.8, 4) is 16.9 Å². The lowest BCUT2D eigenvalue weighted by Crippen LogP contribution is -2.28. The zero-order chi connectivity index (χ0) is 25.6. The van der Waals surface area contributed by atoms with Crippen molar-refractivity contribution < 1.29 is 43.7 Å². The van der Waals surface area contributed by atoms with Crippen LogP contribution in [0.25, 0.3) is 22.2 Å². The van der Waals surface area contributed by atoms with Gasteiger partial charge in [-0.2, -0.15) is 21.6 Å². The van der Waals surface area contributed by atoms with Crippen LogP contribution in [0.15, 0.2) is 65.1 Å². The Balaban J connectivity index is 1.93. The van der Waals surface area contributed by atoms with Crippen molar-refractivity contribution in [3.05, 3.63) is 65.1 Å². The third-order valence-corrected chi connectivity index (χ3v) is 8.31. The molecule has 0 aliphatic carbocycles. The molecule has 0 saturated heterocycles. The second-order valence-corrected chi connectivity index (χ2v) is 11.0. The molecule has 0 radical (unpaired) electrons. The van der Waals surface area contributed by atoms with Crippen molar-refractivity contribution in [1.29, 1.82) is 0 Å². The molecule has 3 heterocycles. The number of alkyl halides is 3. The number of pyridine rings is 1. The summed E-state index contributed by atoms with van der Waals surface area (Å²) in [6.45, 7) is 0. The second-order valence-electron chi connectivity index (χ2n) is 6.81. The first-order chi connectivity index (χ1) is 16.4. The predicted molar refractivity (Wildman–Crippen MR) is 119 cm³/mol. The van der Waals surface area contributed by atoms with Crippen molar-refractivity contribution in [1.82, 2.24) is 8.96 Å². The Labute approximate surface area is 200 Å². The van der Waals surface area contributed by atoms with Gasteiger partial charge in [0.25, 0.3) is 10.0 Å². The number of fused-ring (bicyclic) bond motifs is 1. The van der Waals surface area contributed by atoms with E-state index >= 15 is 0 Å². The van der Waals surface area contributed by atoms with Gasteiger partial charge in [-0.3, -0.25) is 0 Å². The summed E-state index contributed by atoms with van der Waals surface area (Å²) in [4.78, 5) is 15.6. The van der Waals surface area contributed by atoms with Crippen LogP contribution in [0.1, 0.15) is 9.67 Å². The minimum absolute atomic E-state index is 0.0338. The van der Waals surface area contributed by atoms with Gasteiger partial charge in [0.15, 0.2) is 16.3 Å². The molecule has 0 amide bonds.